The van der Waals surface area contributed by atoms with Crippen molar-refractivity contribution in [1.82, 2.24) is 4.72 Å². The Bertz CT molecular complexity index is 544. The maximum atomic E-state index is 11.7. The highest BCUT2D eigenvalue weighted by molar-refractivity contribution is 7.89. The Kier molecular flexibility index (Phi) is 5.79. The molecule has 0 aliphatic heterocycles. The number of hydrogen-bond acceptors (Lipinski definition) is 5. The number of nitrogens with zero attached hydrogens (tertiary/aromatic N) is 1. The summed E-state index contributed by atoms with van der Waals surface area (Å²) in [5, 5.41) is 8.95. The van der Waals surface area contributed by atoms with Crippen LogP contribution in [0.4, 0.5) is 11.4 Å². The molecule has 0 aromatic heterocycles. The summed E-state index contributed by atoms with van der Waals surface area (Å²) in [5.41, 5.74) is 7.18. The molecule has 0 fully saturated rings. The van der Waals surface area contributed by atoms with Crippen LogP contribution < -0.4 is 15.4 Å². The van der Waals surface area contributed by atoms with Gasteiger partial charge >= 0.3 is 0 Å². The van der Waals surface area contributed by atoms with Crippen molar-refractivity contribution in [2.24, 2.45) is 0 Å². The maximum Gasteiger partial charge on any atom is 0.240 e. The highest BCUT2D eigenvalue weighted by Gasteiger charge is 2.17. The second kappa shape index (κ2) is 6.92. The molecule has 0 spiro atoms. The van der Waals surface area contributed by atoms with Crippen molar-refractivity contribution >= 4 is 21.4 Å². The molecular formula is C13H23N3O3S. The van der Waals surface area contributed by atoms with Gasteiger partial charge in [-0.05, 0) is 45.5 Å². The summed E-state index contributed by atoms with van der Waals surface area (Å²) in [6, 6.07) is 4.90. The fourth-order valence-corrected chi connectivity index (χ4v) is 2.74. The van der Waals surface area contributed by atoms with Gasteiger partial charge in [-0.15, -0.1) is 0 Å². The Hall–Kier alpha value is -1.31. The van der Waals surface area contributed by atoms with Crippen LogP contribution in [0.1, 0.15) is 20.3 Å². The summed E-state index contributed by atoms with van der Waals surface area (Å²) < 4.78 is 25.7. The van der Waals surface area contributed by atoms with Crippen LogP contribution in [0.5, 0.6) is 0 Å². The van der Waals surface area contributed by atoms with Crippen LogP contribution in [-0.2, 0) is 10.0 Å². The van der Waals surface area contributed by atoms with E-state index in [2.05, 4.69) is 4.72 Å². The summed E-state index contributed by atoms with van der Waals surface area (Å²) in [6.45, 7) is 4.82. The van der Waals surface area contributed by atoms with Gasteiger partial charge in [-0.3, -0.25) is 0 Å². The van der Waals surface area contributed by atoms with Gasteiger partial charge in [0, 0.05) is 19.2 Å². The quantitative estimate of drug-likeness (QED) is 0.647. The Balaban J connectivity index is 3.13. The first kappa shape index (κ1) is 16.7. The second-order valence-electron chi connectivity index (χ2n) is 4.79. The molecule has 114 valence electrons. The monoisotopic (exact) mass is 301 g/mol. The third-order valence-electron chi connectivity index (χ3n) is 3.07. The largest absolute Gasteiger partial charge is 0.397 e. The third-order valence-corrected chi connectivity index (χ3v) is 4.48. The number of nitrogens with one attached hydrogen (secondary N) is 1. The normalized spacial score (nSPS) is 11.8. The van der Waals surface area contributed by atoms with Crippen LogP contribution in [0, 0.1) is 0 Å². The van der Waals surface area contributed by atoms with E-state index < -0.39 is 10.0 Å². The number of aliphatic hydroxyl groups is 1. The molecule has 7 heteroatoms. The average molecular weight is 301 g/mol. The van der Waals surface area contributed by atoms with Gasteiger partial charge in [0.25, 0.3) is 0 Å². The zero-order valence-electron chi connectivity index (χ0n) is 12.1. The average Bonchev–Trinajstić information content (AvgIpc) is 2.40. The van der Waals surface area contributed by atoms with E-state index in [4.69, 9.17) is 10.8 Å². The minimum absolute atomic E-state index is 0.106. The van der Waals surface area contributed by atoms with Gasteiger partial charge in [-0.1, -0.05) is 0 Å². The predicted molar refractivity (Wildman–Crippen MR) is 81.3 cm³/mol. The lowest BCUT2D eigenvalue weighted by atomic mass is 10.2. The lowest BCUT2D eigenvalue weighted by molar-refractivity contribution is 0.288. The highest BCUT2D eigenvalue weighted by atomic mass is 32.2. The van der Waals surface area contributed by atoms with Crippen LogP contribution in [0.3, 0.4) is 0 Å². The fraction of sp³-hybridized carbons (Fsp3) is 0.538. The topological polar surface area (TPSA) is 95.7 Å². The molecule has 1 aromatic rings. The fourth-order valence-electron chi connectivity index (χ4n) is 1.98. The molecule has 0 saturated heterocycles. The van der Waals surface area contributed by atoms with Crippen LogP contribution in [-0.4, -0.2) is 39.8 Å². The third kappa shape index (κ3) is 3.84. The molecule has 6 nitrogen and oxygen atoms in total. The van der Waals surface area contributed by atoms with Gasteiger partial charge in [-0.2, -0.15) is 0 Å². The Morgan fingerprint density at radius 3 is 2.50 bits per heavy atom. The number of hydrogen-bond donors (Lipinski definition) is 3. The summed E-state index contributed by atoms with van der Waals surface area (Å²) in [6.07, 6.45) is 0.633. The van der Waals surface area contributed by atoms with Crippen LogP contribution in [0.15, 0.2) is 23.1 Å². The van der Waals surface area contributed by atoms with E-state index >= 15 is 0 Å². The van der Waals surface area contributed by atoms with Crippen molar-refractivity contribution in [3.8, 4) is 0 Å². The van der Waals surface area contributed by atoms with Crippen LogP contribution in [0.25, 0.3) is 0 Å². The van der Waals surface area contributed by atoms with Gasteiger partial charge in [0.05, 0.1) is 16.3 Å². The predicted octanol–water partition coefficient (Wildman–Crippen LogP) is 0.774. The number of benzene rings is 1. The Labute approximate surface area is 120 Å². The Morgan fingerprint density at radius 2 is 2.05 bits per heavy atom. The van der Waals surface area contributed by atoms with Crippen molar-refractivity contribution in [3.63, 3.8) is 0 Å². The zero-order valence-corrected chi connectivity index (χ0v) is 12.9. The summed E-state index contributed by atoms with van der Waals surface area (Å²) in [4.78, 5) is 2.19. The highest BCUT2D eigenvalue weighted by Crippen LogP contribution is 2.27. The van der Waals surface area contributed by atoms with E-state index in [0.717, 1.165) is 5.69 Å². The molecule has 0 aliphatic carbocycles. The lowest BCUT2D eigenvalue weighted by Crippen LogP contribution is -2.33. The van der Waals surface area contributed by atoms with Gasteiger partial charge in [0.1, 0.15) is 0 Å². The summed E-state index contributed by atoms with van der Waals surface area (Å²) in [7, 11) is -2.13. The van der Waals surface area contributed by atoms with Gasteiger partial charge in [0.2, 0.25) is 10.0 Å². The smallest absolute Gasteiger partial charge is 0.240 e. The van der Waals surface area contributed by atoms with Crippen molar-refractivity contribution in [2.45, 2.75) is 31.2 Å². The van der Waals surface area contributed by atoms with E-state index in [0.29, 0.717) is 18.7 Å². The second-order valence-corrected chi connectivity index (χ2v) is 6.68. The van der Waals surface area contributed by atoms with E-state index in [1.807, 2.05) is 18.7 Å². The first-order valence-corrected chi connectivity index (χ1v) is 8.02. The van der Waals surface area contributed by atoms with Crippen molar-refractivity contribution in [2.75, 3.05) is 30.8 Å². The number of nitrogens with two attached hydrogens (primary N) is 1. The molecule has 4 N–H and O–H groups in total. The summed E-state index contributed by atoms with van der Waals surface area (Å²) >= 11 is 0. The number of rotatable bonds is 7. The molecule has 0 heterocycles. The zero-order chi connectivity index (χ0) is 15.3. The molecule has 0 aliphatic rings. The van der Waals surface area contributed by atoms with Crippen LogP contribution >= 0.6 is 0 Å². The molecule has 1 rings (SSSR count). The molecule has 0 saturated carbocycles. The molecular weight excluding hydrogens is 278 g/mol. The molecule has 20 heavy (non-hydrogen) atoms. The maximum absolute atomic E-state index is 11.7. The van der Waals surface area contributed by atoms with E-state index in [9.17, 15) is 8.42 Å². The van der Waals surface area contributed by atoms with Crippen LogP contribution in [0.2, 0.25) is 0 Å². The van der Waals surface area contributed by atoms with Gasteiger partial charge in [-0.25, -0.2) is 13.1 Å². The number of anilines is 2. The van der Waals surface area contributed by atoms with Gasteiger partial charge < -0.3 is 15.7 Å². The summed E-state index contributed by atoms with van der Waals surface area (Å²) in [5.74, 6) is 0. The van der Waals surface area contributed by atoms with Crippen molar-refractivity contribution < 1.29 is 13.5 Å². The minimum Gasteiger partial charge on any atom is -0.397 e. The standard InChI is InChI=1S/C13H23N3O3S/c1-10(2)16(7-4-8-17)13-6-5-11(9-12(13)14)20(18,19)15-3/h5-6,9-10,15,17H,4,7-8,14H2,1-3H3. The molecule has 0 atom stereocenters. The first-order valence-electron chi connectivity index (χ1n) is 6.54. The Morgan fingerprint density at radius 1 is 1.40 bits per heavy atom. The first-order chi connectivity index (χ1) is 9.33. The van der Waals surface area contributed by atoms with E-state index in [1.54, 1.807) is 6.07 Å². The molecule has 0 radical (unpaired) electrons. The van der Waals surface area contributed by atoms with E-state index in [1.165, 1.54) is 19.2 Å². The van der Waals surface area contributed by atoms with E-state index in [-0.39, 0.29) is 17.5 Å². The molecule has 0 amide bonds. The minimum atomic E-state index is -3.49. The number of nitrogen functional groups attached to an aromatic ring is 1. The SMILES string of the molecule is CNS(=O)(=O)c1ccc(N(CCCO)C(C)C)c(N)c1. The lowest BCUT2D eigenvalue weighted by Gasteiger charge is -2.30. The number of sulfonamides is 1. The molecule has 0 bridgehead atoms. The molecule has 0 unspecified atom stereocenters. The number of aliphatic hydroxyl groups excluding tert-OH is 1. The van der Waals surface area contributed by atoms with Crippen molar-refractivity contribution in [3.05, 3.63) is 18.2 Å². The molecule has 1 aromatic carbocycles. The van der Waals surface area contributed by atoms with Gasteiger partial charge in [0.15, 0.2) is 0 Å². The van der Waals surface area contributed by atoms with Crippen molar-refractivity contribution in [1.29, 1.82) is 0 Å².